The summed E-state index contributed by atoms with van der Waals surface area (Å²) < 4.78 is 10.0. The average molecular weight is 284 g/mol. The Balaban J connectivity index is 4.15. The van der Waals surface area contributed by atoms with Crippen LogP contribution in [0.1, 0.15) is 59.8 Å². The van der Waals surface area contributed by atoms with Gasteiger partial charge < -0.3 is 9.47 Å². The molecule has 0 spiro atoms. The topological polar surface area (TPSA) is 52.6 Å². The molecule has 0 heterocycles. The maximum Gasteiger partial charge on any atom is 0.331 e. The van der Waals surface area contributed by atoms with Gasteiger partial charge in [-0.15, -0.1) is 0 Å². The highest BCUT2D eigenvalue weighted by Gasteiger charge is 2.13. The molecule has 0 aliphatic carbocycles. The number of rotatable bonds is 10. The normalized spacial score (nSPS) is 12.7. The minimum Gasteiger partial charge on any atom is -0.463 e. The summed E-state index contributed by atoms with van der Waals surface area (Å²) in [5, 5.41) is 0. The Morgan fingerprint density at radius 3 is 2.00 bits per heavy atom. The van der Waals surface area contributed by atoms with Crippen LogP contribution in [-0.2, 0) is 19.1 Å². The molecular formula is C16H28O4. The third-order valence-corrected chi connectivity index (χ3v) is 3.43. The summed E-state index contributed by atoms with van der Waals surface area (Å²) in [5.41, 5.74) is 0. The predicted octanol–water partition coefficient (Wildman–Crippen LogP) is 3.64. The fourth-order valence-electron chi connectivity index (χ4n) is 1.99. The van der Waals surface area contributed by atoms with Gasteiger partial charge in [0.1, 0.15) is 6.10 Å². The largest absolute Gasteiger partial charge is 0.463 e. The number of esters is 2. The lowest BCUT2D eigenvalue weighted by Crippen LogP contribution is -2.17. The van der Waals surface area contributed by atoms with Crippen molar-refractivity contribution in [2.45, 2.75) is 65.9 Å². The van der Waals surface area contributed by atoms with Crippen LogP contribution in [0, 0.1) is 5.92 Å². The molecule has 0 amide bonds. The molecule has 0 bridgehead atoms. The van der Waals surface area contributed by atoms with Crippen LogP contribution in [0.4, 0.5) is 0 Å². The van der Waals surface area contributed by atoms with Gasteiger partial charge in [0.15, 0.2) is 0 Å². The Morgan fingerprint density at radius 1 is 0.900 bits per heavy atom. The van der Waals surface area contributed by atoms with E-state index in [0.717, 1.165) is 44.3 Å². The Bertz CT molecular complexity index is 306. The second kappa shape index (κ2) is 11.5. The van der Waals surface area contributed by atoms with Crippen LogP contribution in [0.25, 0.3) is 0 Å². The van der Waals surface area contributed by atoms with Crippen LogP contribution in [-0.4, -0.2) is 24.6 Å². The van der Waals surface area contributed by atoms with Crippen molar-refractivity contribution in [2.24, 2.45) is 5.92 Å². The second-order valence-corrected chi connectivity index (χ2v) is 4.81. The highest BCUT2D eigenvalue weighted by molar-refractivity contribution is 5.91. The quantitative estimate of drug-likeness (QED) is 0.454. The van der Waals surface area contributed by atoms with E-state index >= 15 is 0 Å². The van der Waals surface area contributed by atoms with Crippen molar-refractivity contribution < 1.29 is 19.1 Å². The van der Waals surface area contributed by atoms with Gasteiger partial charge in [-0.3, -0.25) is 0 Å². The molecule has 0 fully saturated rings. The molecule has 1 unspecified atom stereocenters. The lowest BCUT2D eigenvalue weighted by molar-refractivity contribution is -0.144. The van der Waals surface area contributed by atoms with Gasteiger partial charge in [-0.1, -0.05) is 33.6 Å². The van der Waals surface area contributed by atoms with Crippen molar-refractivity contribution in [1.82, 2.24) is 0 Å². The molecule has 4 nitrogen and oxygen atoms in total. The smallest absolute Gasteiger partial charge is 0.331 e. The van der Waals surface area contributed by atoms with Crippen molar-refractivity contribution in [2.75, 3.05) is 6.61 Å². The van der Waals surface area contributed by atoms with E-state index < -0.39 is 11.9 Å². The summed E-state index contributed by atoms with van der Waals surface area (Å²) in [5.74, 6) is -0.304. The summed E-state index contributed by atoms with van der Waals surface area (Å²) >= 11 is 0. The average Bonchev–Trinajstić information content (AvgIpc) is 2.45. The maximum atomic E-state index is 11.6. The van der Waals surface area contributed by atoms with E-state index in [0.29, 0.717) is 12.5 Å². The van der Waals surface area contributed by atoms with Gasteiger partial charge in [0, 0.05) is 12.2 Å². The van der Waals surface area contributed by atoms with Gasteiger partial charge in [-0.05, 0) is 32.1 Å². The molecule has 0 aromatic heterocycles. The molecule has 0 aliphatic rings. The van der Waals surface area contributed by atoms with Crippen molar-refractivity contribution in [1.29, 1.82) is 0 Å². The van der Waals surface area contributed by atoms with Crippen molar-refractivity contribution in [3.8, 4) is 0 Å². The van der Waals surface area contributed by atoms with E-state index in [9.17, 15) is 9.59 Å². The first kappa shape index (κ1) is 18.7. The van der Waals surface area contributed by atoms with Crippen LogP contribution < -0.4 is 0 Å². The zero-order chi connectivity index (χ0) is 15.4. The lowest BCUT2D eigenvalue weighted by atomic mass is 9.95. The fourth-order valence-corrected chi connectivity index (χ4v) is 1.99. The number of carbonyl (C=O) groups excluding carboxylic acids is 2. The minimum atomic E-state index is -0.519. The number of ether oxygens (including phenoxy) is 2. The molecule has 0 aromatic rings. The maximum absolute atomic E-state index is 11.6. The van der Waals surface area contributed by atoms with Gasteiger partial charge in [0.25, 0.3) is 0 Å². The van der Waals surface area contributed by atoms with Crippen LogP contribution in [0.15, 0.2) is 12.2 Å². The summed E-state index contributed by atoms with van der Waals surface area (Å²) in [6.45, 7) is 8.38. The molecule has 0 saturated heterocycles. The number of hydrogen-bond donors (Lipinski definition) is 0. The first-order chi connectivity index (χ1) is 9.57. The van der Waals surface area contributed by atoms with Gasteiger partial charge >= 0.3 is 11.9 Å². The summed E-state index contributed by atoms with van der Waals surface area (Å²) in [6, 6.07) is 0. The zero-order valence-electron chi connectivity index (χ0n) is 13.2. The van der Waals surface area contributed by atoms with Gasteiger partial charge in [-0.2, -0.15) is 0 Å². The van der Waals surface area contributed by atoms with Crippen LogP contribution >= 0.6 is 0 Å². The van der Waals surface area contributed by atoms with E-state index in [4.69, 9.17) is 9.47 Å². The third kappa shape index (κ3) is 8.73. The number of carbonyl (C=O) groups is 2. The molecular weight excluding hydrogens is 256 g/mol. The van der Waals surface area contributed by atoms with Crippen molar-refractivity contribution >= 4 is 11.9 Å². The van der Waals surface area contributed by atoms with E-state index in [1.807, 2.05) is 6.92 Å². The molecule has 116 valence electrons. The standard InChI is InChI=1S/C16H28O4/c1-5-13(6-2)9-10-14(7-3)20-16(18)12-11-15(17)19-8-4/h11-14H,5-10H2,1-4H3/b12-11+. The molecule has 0 saturated carbocycles. The van der Waals surface area contributed by atoms with Crippen LogP contribution in [0.2, 0.25) is 0 Å². The predicted molar refractivity (Wildman–Crippen MR) is 79.3 cm³/mol. The van der Waals surface area contributed by atoms with Crippen molar-refractivity contribution in [3.63, 3.8) is 0 Å². The first-order valence-corrected chi connectivity index (χ1v) is 7.62. The minimum absolute atomic E-state index is 0.0741. The van der Waals surface area contributed by atoms with E-state index in [1.54, 1.807) is 6.92 Å². The van der Waals surface area contributed by atoms with Gasteiger partial charge in [-0.25, -0.2) is 9.59 Å². The monoisotopic (exact) mass is 284 g/mol. The van der Waals surface area contributed by atoms with Gasteiger partial charge in [0.05, 0.1) is 6.61 Å². The molecule has 0 N–H and O–H groups in total. The Morgan fingerprint density at radius 2 is 1.50 bits per heavy atom. The fraction of sp³-hybridized carbons (Fsp3) is 0.750. The third-order valence-electron chi connectivity index (χ3n) is 3.43. The first-order valence-electron chi connectivity index (χ1n) is 7.62. The highest BCUT2D eigenvalue weighted by atomic mass is 16.5. The van der Waals surface area contributed by atoms with Crippen LogP contribution in [0.3, 0.4) is 0 Å². The Kier molecular flexibility index (Phi) is 10.7. The lowest BCUT2D eigenvalue weighted by Gasteiger charge is -2.18. The summed E-state index contributed by atoms with van der Waals surface area (Å²) in [6.07, 6.45) is 7.22. The van der Waals surface area contributed by atoms with E-state index in [-0.39, 0.29) is 6.10 Å². The SMILES string of the molecule is CCOC(=O)/C=C/C(=O)OC(CC)CCC(CC)CC. The molecule has 0 aromatic carbocycles. The second-order valence-electron chi connectivity index (χ2n) is 4.81. The van der Waals surface area contributed by atoms with E-state index in [1.165, 1.54) is 0 Å². The Labute approximate surface area is 122 Å². The molecule has 0 rings (SSSR count). The summed E-state index contributed by atoms with van der Waals surface area (Å²) in [7, 11) is 0. The molecule has 0 radical (unpaired) electrons. The molecule has 0 aliphatic heterocycles. The molecule has 20 heavy (non-hydrogen) atoms. The highest BCUT2D eigenvalue weighted by Crippen LogP contribution is 2.18. The zero-order valence-corrected chi connectivity index (χ0v) is 13.2. The molecule has 4 heteroatoms. The number of hydrogen-bond acceptors (Lipinski definition) is 4. The van der Waals surface area contributed by atoms with Gasteiger partial charge in [0.2, 0.25) is 0 Å². The molecule has 1 atom stereocenters. The van der Waals surface area contributed by atoms with E-state index in [2.05, 4.69) is 13.8 Å². The Hall–Kier alpha value is -1.32. The summed E-state index contributed by atoms with van der Waals surface area (Å²) in [4.78, 5) is 22.7. The van der Waals surface area contributed by atoms with Crippen molar-refractivity contribution in [3.05, 3.63) is 12.2 Å². The van der Waals surface area contributed by atoms with Crippen LogP contribution in [0.5, 0.6) is 0 Å².